The first kappa shape index (κ1) is 20.9. The van der Waals surface area contributed by atoms with E-state index in [0.717, 1.165) is 17.5 Å². The molecule has 0 bridgehead atoms. The average Bonchev–Trinajstić information content (AvgIpc) is 3.11. The molecule has 0 fully saturated rings. The summed E-state index contributed by atoms with van der Waals surface area (Å²) in [6.45, 7) is 1.62. The van der Waals surface area contributed by atoms with E-state index in [0.29, 0.717) is 42.4 Å². The van der Waals surface area contributed by atoms with Gasteiger partial charge in [-0.2, -0.15) is 5.10 Å². The fraction of sp³-hybridized carbons (Fsp3) is 0.333. The van der Waals surface area contributed by atoms with Crippen LogP contribution in [0.4, 0.5) is 14.6 Å². The second kappa shape index (κ2) is 9.61. The monoisotopic (exact) mass is 422 g/mol. The first-order chi connectivity index (χ1) is 14.0. The SMILES string of the molecule is COCCNc1nc(SC)nc2c1cnn2CCNC(=O)c1ccc(F)cc1F. The van der Waals surface area contributed by atoms with E-state index in [1.165, 1.54) is 11.8 Å². The van der Waals surface area contributed by atoms with E-state index in [1.807, 2.05) is 6.26 Å². The van der Waals surface area contributed by atoms with Crippen molar-refractivity contribution in [2.24, 2.45) is 0 Å². The number of hydrogen-bond donors (Lipinski definition) is 2. The molecule has 2 aromatic heterocycles. The van der Waals surface area contributed by atoms with Crippen LogP contribution in [0.3, 0.4) is 0 Å². The Labute approximate surface area is 170 Å². The predicted octanol–water partition coefficient (Wildman–Crippen LogP) is 2.31. The largest absolute Gasteiger partial charge is 0.383 e. The van der Waals surface area contributed by atoms with Crippen molar-refractivity contribution in [3.8, 4) is 0 Å². The third kappa shape index (κ3) is 4.98. The van der Waals surface area contributed by atoms with Gasteiger partial charge in [0.1, 0.15) is 17.5 Å². The van der Waals surface area contributed by atoms with Crippen molar-refractivity contribution in [1.29, 1.82) is 0 Å². The van der Waals surface area contributed by atoms with Gasteiger partial charge in [0.2, 0.25) is 0 Å². The van der Waals surface area contributed by atoms with Crippen LogP contribution in [0.2, 0.25) is 0 Å². The Kier molecular flexibility index (Phi) is 6.94. The molecule has 0 saturated heterocycles. The molecule has 0 radical (unpaired) electrons. The van der Waals surface area contributed by atoms with Crippen molar-refractivity contribution in [3.05, 3.63) is 41.6 Å². The maximum absolute atomic E-state index is 13.7. The Morgan fingerprint density at radius 2 is 2.10 bits per heavy atom. The van der Waals surface area contributed by atoms with Gasteiger partial charge in [0.15, 0.2) is 10.8 Å². The molecule has 3 aromatic rings. The van der Waals surface area contributed by atoms with Gasteiger partial charge in [-0.25, -0.2) is 23.4 Å². The lowest BCUT2D eigenvalue weighted by molar-refractivity contribution is 0.0948. The number of ether oxygens (including phenoxy) is 1. The van der Waals surface area contributed by atoms with Crippen LogP contribution in [0.1, 0.15) is 10.4 Å². The number of anilines is 1. The van der Waals surface area contributed by atoms with Crippen molar-refractivity contribution in [3.63, 3.8) is 0 Å². The molecule has 1 aromatic carbocycles. The van der Waals surface area contributed by atoms with Crippen LogP contribution in [0.15, 0.2) is 29.6 Å². The van der Waals surface area contributed by atoms with Gasteiger partial charge in [0, 0.05) is 26.3 Å². The molecule has 11 heteroatoms. The lowest BCUT2D eigenvalue weighted by Gasteiger charge is -2.09. The number of nitrogens with zero attached hydrogens (tertiary/aromatic N) is 4. The number of carbonyl (C=O) groups excluding carboxylic acids is 1. The highest BCUT2D eigenvalue weighted by Gasteiger charge is 2.14. The van der Waals surface area contributed by atoms with E-state index in [-0.39, 0.29) is 12.1 Å². The lowest BCUT2D eigenvalue weighted by atomic mass is 10.2. The molecule has 3 rings (SSSR count). The van der Waals surface area contributed by atoms with Crippen molar-refractivity contribution in [1.82, 2.24) is 25.1 Å². The summed E-state index contributed by atoms with van der Waals surface area (Å²) in [5.74, 6) is -1.61. The second-order valence-corrected chi connectivity index (χ2v) is 6.74. The molecule has 2 N–H and O–H groups in total. The Hall–Kier alpha value is -2.79. The summed E-state index contributed by atoms with van der Waals surface area (Å²) in [5.41, 5.74) is 0.403. The summed E-state index contributed by atoms with van der Waals surface area (Å²) in [4.78, 5) is 21.1. The van der Waals surface area contributed by atoms with E-state index >= 15 is 0 Å². The van der Waals surface area contributed by atoms with Gasteiger partial charge < -0.3 is 15.4 Å². The Morgan fingerprint density at radius 1 is 1.28 bits per heavy atom. The van der Waals surface area contributed by atoms with Crippen LogP contribution in [-0.2, 0) is 11.3 Å². The highest BCUT2D eigenvalue weighted by atomic mass is 32.2. The number of hydrogen-bond acceptors (Lipinski definition) is 7. The van der Waals surface area contributed by atoms with E-state index in [2.05, 4.69) is 25.7 Å². The Bertz CT molecular complexity index is 1010. The van der Waals surface area contributed by atoms with Crippen molar-refractivity contribution in [2.45, 2.75) is 11.7 Å². The van der Waals surface area contributed by atoms with Gasteiger partial charge >= 0.3 is 0 Å². The molecular weight excluding hydrogens is 402 g/mol. The zero-order valence-corrected chi connectivity index (χ0v) is 16.7. The summed E-state index contributed by atoms with van der Waals surface area (Å²) in [5, 5.41) is 11.4. The van der Waals surface area contributed by atoms with Crippen molar-refractivity contribution in [2.75, 3.05) is 38.4 Å². The predicted molar refractivity (Wildman–Crippen MR) is 106 cm³/mol. The molecule has 2 heterocycles. The van der Waals surface area contributed by atoms with Gasteiger partial charge in [0.25, 0.3) is 5.91 Å². The van der Waals surface area contributed by atoms with Crippen LogP contribution in [0, 0.1) is 11.6 Å². The van der Waals surface area contributed by atoms with Gasteiger partial charge in [0.05, 0.1) is 30.3 Å². The standard InChI is InChI=1S/C18H20F2N6O2S/c1-28-8-6-21-15-13-10-23-26(16(13)25-18(24-15)29-2)7-5-22-17(27)12-4-3-11(19)9-14(12)20/h3-4,9-10H,5-8H2,1-2H3,(H,22,27)(H,21,24,25). The normalized spacial score (nSPS) is 11.0. The first-order valence-electron chi connectivity index (χ1n) is 8.77. The van der Waals surface area contributed by atoms with Crippen LogP contribution < -0.4 is 10.6 Å². The van der Waals surface area contributed by atoms with Crippen LogP contribution in [-0.4, -0.2) is 58.7 Å². The van der Waals surface area contributed by atoms with Crippen LogP contribution in [0.5, 0.6) is 0 Å². The Morgan fingerprint density at radius 3 is 2.83 bits per heavy atom. The number of benzene rings is 1. The van der Waals surface area contributed by atoms with Crippen molar-refractivity contribution >= 4 is 34.5 Å². The Balaban J connectivity index is 1.71. The van der Waals surface area contributed by atoms with Gasteiger partial charge in [-0.15, -0.1) is 0 Å². The molecule has 0 spiro atoms. The molecule has 0 aliphatic heterocycles. The smallest absolute Gasteiger partial charge is 0.254 e. The lowest BCUT2D eigenvalue weighted by Crippen LogP contribution is -2.28. The summed E-state index contributed by atoms with van der Waals surface area (Å²) in [7, 11) is 1.62. The fourth-order valence-corrected chi connectivity index (χ4v) is 3.00. The highest BCUT2D eigenvalue weighted by molar-refractivity contribution is 7.98. The number of nitrogens with one attached hydrogen (secondary N) is 2. The molecule has 29 heavy (non-hydrogen) atoms. The average molecular weight is 422 g/mol. The fourth-order valence-electron chi connectivity index (χ4n) is 2.64. The number of rotatable bonds is 9. The minimum absolute atomic E-state index is 0.192. The number of carbonyl (C=O) groups is 1. The number of amides is 1. The highest BCUT2D eigenvalue weighted by Crippen LogP contribution is 2.23. The number of thioether (sulfide) groups is 1. The number of aromatic nitrogens is 4. The summed E-state index contributed by atoms with van der Waals surface area (Å²) >= 11 is 1.40. The summed E-state index contributed by atoms with van der Waals surface area (Å²) in [6, 6.07) is 2.83. The minimum Gasteiger partial charge on any atom is -0.383 e. The van der Waals surface area contributed by atoms with E-state index < -0.39 is 17.5 Å². The quantitative estimate of drug-likeness (QED) is 0.310. The number of methoxy groups -OCH3 is 1. The molecule has 0 aliphatic rings. The summed E-state index contributed by atoms with van der Waals surface area (Å²) < 4.78 is 33.4. The molecule has 1 amide bonds. The van der Waals surface area contributed by atoms with Crippen LogP contribution in [0.25, 0.3) is 11.0 Å². The molecule has 0 saturated carbocycles. The van der Waals surface area contributed by atoms with Crippen LogP contribution >= 0.6 is 11.8 Å². The summed E-state index contributed by atoms with van der Waals surface area (Å²) in [6.07, 6.45) is 3.52. The van der Waals surface area contributed by atoms with Gasteiger partial charge in [-0.05, 0) is 18.4 Å². The zero-order valence-electron chi connectivity index (χ0n) is 15.9. The second-order valence-electron chi connectivity index (χ2n) is 5.96. The molecule has 0 aliphatic carbocycles. The maximum atomic E-state index is 13.7. The van der Waals surface area contributed by atoms with Gasteiger partial charge in [-0.1, -0.05) is 11.8 Å². The third-order valence-electron chi connectivity index (χ3n) is 4.04. The third-order valence-corrected chi connectivity index (χ3v) is 4.59. The van der Waals surface area contributed by atoms with Crippen molar-refractivity contribution < 1.29 is 18.3 Å². The topological polar surface area (TPSA) is 94.0 Å². The van der Waals surface area contributed by atoms with E-state index in [1.54, 1.807) is 18.0 Å². The first-order valence-corrected chi connectivity index (χ1v) is 9.99. The van der Waals surface area contributed by atoms with E-state index in [9.17, 15) is 13.6 Å². The van der Waals surface area contributed by atoms with E-state index in [4.69, 9.17) is 4.74 Å². The molecular formula is C18H20F2N6O2S. The number of halogens is 2. The molecule has 154 valence electrons. The molecule has 0 unspecified atom stereocenters. The molecule has 8 nitrogen and oxygen atoms in total. The number of fused-ring (bicyclic) bond motifs is 1. The minimum atomic E-state index is -0.906. The van der Waals surface area contributed by atoms with Gasteiger partial charge in [-0.3, -0.25) is 4.79 Å². The zero-order chi connectivity index (χ0) is 20.8. The molecule has 0 atom stereocenters. The maximum Gasteiger partial charge on any atom is 0.254 e.